The summed E-state index contributed by atoms with van der Waals surface area (Å²) in [5, 5.41) is 7.23. The van der Waals surface area contributed by atoms with Gasteiger partial charge in [-0.2, -0.15) is 0 Å². The van der Waals surface area contributed by atoms with Crippen LogP contribution in [-0.4, -0.2) is 52.6 Å². The zero-order chi connectivity index (χ0) is 32.8. The van der Waals surface area contributed by atoms with E-state index < -0.39 is 0 Å². The Kier molecular flexibility index (Phi) is 8.78. The molecule has 2 atom stereocenters. The molecule has 2 saturated carbocycles. The summed E-state index contributed by atoms with van der Waals surface area (Å²) in [5.74, 6) is 2.97. The van der Waals surface area contributed by atoms with Crippen molar-refractivity contribution in [2.45, 2.75) is 58.0 Å². The van der Waals surface area contributed by atoms with Crippen molar-refractivity contribution in [3.05, 3.63) is 80.7 Å². The van der Waals surface area contributed by atoms with Gasteiger partial charge < -0.3 is 24.8 Å². The highest BCUT2D eigenvalue weighted by atomic mass is 35.5. The first-order chi connectivity index (χ1) is 22.7. The number of aromatic nitrogens is 3. The largest absolute Gasteiger partial charge is 0.481 e. The van der Waals surface area contributed by atoms with Crippen molar-refractivity contribution >= 4 is 51.7 Å². The number of hydrogen-bond donors (Lipinski definition) is 2. The summed E-state index contributed by atoms with van der Waals surface area (Å²) in [7, 11) is 3.50. The quantitative estimate of drug-likeness (QED) is 0.208. The maximum Gasteiger partial charge on any atom is 0.270 e. The lowest BCUT2D eigenvalue weighted by Crippen LogP contribution is -2.38. The van der Waals surface area contributed by atoms with Crippen LogP contribution in [0.4, 0.5) is 5.69 Å². The SMILES string of the molecule is COc1cccc(C(=O)NCc2ccc(Cl)c(Cc3nc4cc(C(=O)NC5CCC(C)CC5)c(N5CC6CC6C5)cc4n3C)c2Cl)n1. The molecule has 3 fully saturated rings. The van der Waals surface area contributed by atoms with Crippen LogP contribution >= 0.6 is 23.2 Å². The number of anilines is 1. The molecule has 0 spiro atoms. The number of benzene rings is 2. The minimum Gasteiger partial charge on any atom is -0.481 e. The van der Waals surface area contributed by atoms with Gasteiger partial charge in [-0.3, -0.25) is 9.59 Å². The van der Waals surface area contributed by atoms with Crippen molar-refractivity contribution in [3.8, 4) is 5.88 Å². The number of pyridine rings is 1. The molecule has 3 aliphatic rings. The lowest BCUT2D eigenvalue weighted by Gasteiger charge is -2.28. The highest BCUT2D eigenvalue weighted by molar-refractivity contribution is 6.36. The van der Waals surface area contributed by atoms with E-state index in [9.17, 15) is 9.59 Å². The second kappa shape index (κ2) is 13.0. The number of methoxy groups -OCH3 is 1. The first-order valence-corrected chi connectivity index (χ1v) is 17.2. The molecule has 3 heterocycles. The Hall–Kier alpha value is -3.82. The summed E-state index contributed by atoms with van der Waals surface area (Å²) in [6.45, 7) is 4.47. The maximum atomic E-state index is 13.8. The van der Waals surface area contributed by atoms with Gasteiger partial charge in [0, 0.05) is 50.2 Å². The standard InChI is InChI=1S/C36H40Cl2N6O3/c1-20-7-10-24(11-8-20)40-35(45)26-14-29-31(16-30(26)44-18-22-13-23(22)19-44)43(2)32(41-29)15-25-27(37)12-9-21(34(25)38)17-39-36(46)28-5-4-6-33(42-28)47-3/h4-6,9,12,14,16,20,22-24H,7-8,10-11,13,15,17-19H2,1-3H3,(H,39,46)(H,40,45). The summed E-state index contributed by atoms with van der Waals surface area (Å²) in [5.41, 5.74) is 5.11. The van der Waals surface area contributed by atoms with E-state index in [1.54, 1.807) is 24.3 Å². The predicted molar refractivity (Wildman–Crippen MR) is 185 cm³/mol. The fourth-order valence-corrected chi connectivity index (χ4v) is 7.74. The van der Waals surface area contributed by atoms with Crippen LogP contribution in [0.1, 0.15) is 76.8 Å². The highest BCUT2D eigenvalue weighted by Gasteiger charge is 2.46. The number of rotatable bonds is 9. The van der Waals surface area contributed by atoms with E-state index in [1.165, 1.54) is 13.5 Å². The molecule has 2 aromatic heterocycles. The number of piperidine rings is 1. The second-order valence-corrected chi connectivity index (χ2v) is 14.2. The average Bonchev–Trinajstić information content (AvgIpc) is 3.56. The number of carbonyl (C=O) groups is 2. The first-order valence-electron chi connectivity index (χ1n) is 16.5. The van der Waals surface area contributed by atoms with Gasteiger partial charge in [-0.15, -0.1) is 0 Å². The van der Waals surface area contributed by atoms with Crippen LogP contribution in [-0.2, 0) is 20.0 Å². The van der Waals surface area contributed by atoms with E-state index in [4.69, 9.17) is 32.9 Å². The number of halogens is 2. The maximum absolute atomic E-state index is 13.8. The Morgan fingerprint density at radius 2 is 1.77 bits per heavy atom. The molecule has 2 N–H and O–H groups in total. The molecule has 2 unspecified atom stereocenters. The van der Waals surface area contributed by atoms with Gasteiger partial charge in [0.05, 0.1) is 34.4 Å². The third-order valence-electron chi connectivity index (χ3n) is 10.2. The molecular weight excluding hydrogens is 635 g/mol. The Bertz CT molecular complexity index is 1840. The van der Waals surface area contributed by atoms with Gasteiger partial charge >= 0.3 is 0 Å². The molecule has 0 bridgehead atoms. The van der Waals surface area contributed by atoms with Crippen LogP contribution in [0.25, 0.3) is 11.0 Å². The number of ether oxygens (including phenoxy) is 1. The van der Waals surface area contributed by atoms with E-state index in [2.05, 4.69) is 38.1 Å². The summed E-state index contributed by atoms with van der Waals surface area (Å²) in [6.07, 6.45) is 6.01. The van der Waals surface area contributed by atoms with Crippen LogP contribution in [0.2, 0.25) is 10.0 Å². The molecule has 2 aliphatic carbocycles. The van der Waals surface area contributed by atoms with Gasteiger partial charge in [-0.05, 0) is 85.3 Å². The molecule has 9 nitrogen and oxygen atoms in total. The van der Waals surface area contributed by atoms with Crippen molar-refractivity contribution in [2.24, 2.45) is 24.8 Å². The first kappa shape index (κ1) is 31.8. The lowest BCUT2D eigenvalue weighted by molar-refractivity contribution is 0.0921. The van der Waals surface area contributed by atoms with Crippen LogP contribution in [0.5, 0.6) is 5.88 Å². The third kappa shape index (κ3) is 6.52. The van der Waals surface area contributed by atoms with E-state index in [1.807, 2.05) is 19.2 Å². The highest BCUT2D eigenvalue weighted by Crippen LogP contribution is 2.47. The molecule has 0 radical (unpaired) electrons. The van der Waals surface area contributed by atoms with Gasteiger partial charge in [0.2, 0.25) is 5.88 Å². The number of imidazole rings is 1. The minimum absolute atomic E-state index is 0.0146. The van der Waals surface area contributed by atoms with E-state index in [-0.39, 0.29) is 30.1 Å². The molecular formula is C36H40Cl2N6O3. The van der Waals surface area contributed by atoms with Gasteiger partial charge in [0.15, 0.2) is 0 Å². The van der Waals surface area contributed by atoms with Gasteiger partial charge in [0.25, 0.3) is 11.8 Å². The summed E-state index contributed by atoms with van der Waals surface area (Å²) < 4.78 is 7.20. The molecule has 246 valence electrons. The Morgan fingerprint density at radius 3 is 2.51 bits per heavy atom. The van der Waals surface area contributed by atoms with E-state index in [0.717, 1.165) is 90.2 Å². The Morgan fingerprint density at radius 1 is 1.00 bits per heavy atom. The van der Waals surface area contributed by atoms with Crippen LogP contribution in [0, 0.1) is 17.8 Å². The Balaban J connectivity index is 1.15. The lowest BCUT2D eigenvalue weighted by atomic mass is 9.87. The number of carbonyl (C=O) groups excluding carboxylic acids is 2. The molecule has 11 heteroatoms. The van der Waals surface area contributed by atoms with Crippen LogP contribution < -0.4 is 20.3 Å². The zero-order valence-corrected chi connectivity index (χ0v) is 28.5. The Labute approximate surface area is 285 Å². The fraction of sp³-hybridized carbons (Fsp3) is 0.444. The molecule has 7 rings (SSSR count). The predicted octanol–water partition coefficient (Wildman–Crippen LogP) is 6.57. The van der Waals surface area contributed by atoms with Crippen LogP contribution in [0.15, 0.2) is 42.5 Å². The molecule has 4 aromatic rings. The number of hydrogen-bond acceptors (Lipinski definition) is 6. The second-order valence-electron chi connectivity index (χ2n) is 13.5. The summed E-state index contributed by atoms with van der Waals surface area (Å²) in [6, 6.07) is 12.9. The zero-order valence-electron chi connectivity index (χ0n) is 27.0. The van der Waals surface area contributed by atoms with Crippen molar-refractivity contribution in [2.75, 3.05) is 25.1 Å². The average molecular weight is 676 g/mol. The molecule has 1 saturated heterocycles. The third-order valence-corrected chi connectivity index (χ3v) is 11.0. The summed E-state index contributed by atoms with van der Waals surface area (Å²) >= 11 is 13.6. The molecule has 2 amide bonds. The van der Waals surface area contributed by atoms with Gasteiger partial charge in [-0.25, -0.2) is 9.97 Å². The van der Waals surface area contributed by atoms with E-state index in [0.29, 0.717) is 27.9 Å². The number of amides is 2. The van der Waals surface area contributed by atoms with Crippen LogP contribution in [0.3, 0.4) is 0 Å². The van der Waals surface area contributed by atoms with Crippen molar-refractivity contribution in [1.29, 1.82) is 0 Å². The number of fused-ring (bicyclic) bond motifs is 2. The smallest absolute Gasteiger partial charge is 0.270 e. The number of nitrogens with one attached hydrogen (secondary N) is 2. The van der Waals surface area contributed by atoms with Crippen molar-refractivity contribution < 1.29 is 14.3 Å². The molecule has 2 aromatic carbocycles. The van der Waals surface area contributed by atoms with E-state index >= 15 is 0 Å². The normalized spacial score (nSPS) is 21.9. The molecule has 1 aliphatic heterocycles. The molecule has 47 heavy (non-hydrogen) atoms. The number of nitrogens with zero attached hydrogens (tertiary/aromatic N) is 4. The number of aryl methyl sites for hydroxylation is 1. The monoisotopic (exact) mass is 674 g/mol. The van der Waals surface area contributed by atoms with Gasteiger partial charge in [0.1, 0.15) is 11.5 Å². The van der Waals surface area contributed by atoms with Crippen molar-refractivity contribution in [1.82, 2.24) is 25.2 Å². The summed E-state index contributed by atoms with van der Waals surface area (Å²) in [4.78, 5) is 38.2. The van der Waals surface area contributed by atoms with Crippen molar-refractivity contribution in [3.63, 3.8) is 0 Å². The fourth-order valence-electron chi connectivity index (χ4n) is 7.17. The van der Waals surface area contributed by atoms with Gasteiger partial charge in [-0.1, -0.05) is 42.3 Å². The topological polar surface area (TPSA) is 101 Å². The minimum atomic E-state index is -0.337.